The first-order valence-corrected chi connectivity index (χ1v) is 6.74. The largest absolute Gasteiger partial charge is 0.492 e. The van der Waals surface area contributed by atoms with Crippen molar-refractivity contribution in [1.82, 2.24) is 14.3 Å². The Labute approximate surface area is 122 Å². The van der Waals surface area contributed by atoms with Crippen molar-refractivity contribution in [3.8, 4) is 11.4 Å². The Morgan fingerprint density at radius 2 is 1.90 bits per heavy atom. The topological polar surface area (TPSA) is 49.1 Å². The van der Waals surface area contributed by atoms with E-state index in [-0.39, 0.29) is 5.56 Å². The van der Waals surface area contributed by atoms with Gasteiger partial charge in [0.2, 0.25) is 0 Å². The average Bonchev–Trinajstić information content (AvgIpc) is 2.78. The van der Waals surface area contributed by atoms with Gasteiger partial charge in [0, 0.05) is 18.1 Å². The summed E-state index contributed by atoms with van der Waals surface area (Å²) in [5, 5.41) is 5.28. The van der Waals surface area contributed by atoms with Gasteiger partial charge in [0.1, 0.15) is 5.69 Å². The maximum Gasteiger partial charge on any atom is 0.294 e. The highest BCUT2D eigenvalue weighted by atomic mass is 16.5. The zero-order chi connectivity index (χ0) is 15.1. The fourth-order valence-corrected chi connectivity index (χ4v) is 2.77. The minimum atomic E-state index is -0.179. The fraction of sp³-hybridized carbons (Fsp3) is 0.250. The van der Waals surface area contributed by atoms with E-state index >= 15 is 0 Å². The summed E-state index contributed by atoms with van der Waals surface area (Å²) in [5.74, 6) is 0.516. The van der Waals surface area contributed by atoms with Crippen molar-refractivity contribution < 1.29 is 4.74 Å². The van der Waals surface area contributed by atoms with Crippen molar-refractivity contribution in [3.63, 3.8) is 0 Å². The lowest BCUT2D eigenvalue weighted by Gasteiger charge is -2.15. The second kappa shape index (κ2) is 4.77. The number of fused-ring (bicyclic) bond motifs is 1. The predicted octanol–water partition coefficient (Wildman–Crippen LogP) is 2.35. The molecule has 0 saturated carbocycles. The highest BCUT2D eigenvalue weighted by Gasteiger charge is 2.19. The van der Waals surface area contributed by atoms with Crippen molar-refractivity contribution >= 4 is 10.9 Å². The van der Waals surface area contributed by atoms with Gasteiger partial charge >= 0.3 is 0 Å². The van der Waals surface area contributed by atoms with Gasteiger partial charge in [-0.15, -0.1) is 0 Å². The fourth-order valence-electron chi connectivity index (χ4n) is 2.77. The molecule has 3 aromatic rings. The van der Waals surface area contributed by atoms with Gasteiger partial charge in [0.05, 0.1) is 12.6 Å². The number of aryl methyl sites for hydroxylation is 3. The van der Waals surface area contributed by atoms with E-state index in [0.717, 1.165) is 16.6 Å². The standard InChI is InChI=1S/C16H17N3O2/c1-10-9-12-7-5-6-8-13(12)19(10)14-15(21-4)11(2)17-18(3)16(14)20/h5-9H,1-4H3. The highest BCUT2D eigenvalue weighted by Crippen LogP contribution is 2.28. The Morgan fingerprint density at radius 1 is 1.19 bits per heavy atom. The second-order valence-electron chi connectivity index (χ2n) is 5.08. The van der Waals surface area contributed by atoms with Crippen LogP contribution >= 0.6 is 0 Å². The number of rotatable bonds is 2. The molecule has 0 spiro atoms. The molecule has 3 rings (SSSR count). The molecule has 0 amide bonds. The smallest absolute Gasteiger partial charge is 0.294 e. The van der Waals surface area contributed by atoms with Crippen LogP contribution in [0, 0.1) is 13.8 Å². The Morgan fingerprint density at radius 3 is 2.62 bits per heavy atom. The van der Waals surface area contributed by atoms with E-state index in [4.69, 9.17) is 4.74 Å². The van der Waals surface area contributed by atoms with E-state index in [1.165, 1.54) is 4.68 Å². The first-order chi connectivity index (χ1) is 10.0. The van der Waals surface area contributed by atoms with Crippen LogP contribution in [0.1, 0.15) is 11.4 Å². The molecule has 0 aliphatic heterocycles. The number of ether oxygens (including phenoxy) is 1. The van der Waals surface area contributed by atoms with E-state index < -0.39 is 0 Å². The molecule has 0 saturated heterocycles. The van der Waals surface area contributed by atoms with Crippen LogP contribution in [0.3, 0.4) is 0 Å². The van der Waals surface area contributed by atoms with Gasteiger partial charge in [0.25, 0.3) is 5.56 Å². The molecule has 5 heteroatoms. The monoisotopic (exact) mass is 283 g/mol. The molecule has 0 aliphatic rings. The lowest BCUT2D eigenvalue weighted by atomic mass is 10.2. The Kier molecular flexibility index (Phi) is 3.05. The van der Waals surface area contributed by atoms with Gasteiger partial charge in [-0.3, -0.25) is 4.79 Å². The third-order valence-corrected chi connectivity index (χ3v) is 3.66. The zero-order valence-electron chi connectivity index (χ0n) is 12.5. The van der Waals surface area contributed by atoms with Crippen molar-refractivity contribution in [2.75, 3.05) is 7.11 Å². The van der Waals surface area contributed by atoms with E-state index in [2.05, 4.69) is 11.2 Å². The molecule has 0 radical (unpaired) electrons. The van der Waals surface area contributed by atoms with Crippen LogP contribution in [-0.4, -0.2) is 21.5 Å². The summed E-state index contributed by atoms with van der Waals surface area (Å²) in [6.45, 7) is 3.82. The van der Waals surface area contributed by atoms with Crippen LogP contribution in [0.5, 0.6) is 5.75 Å². The van der Waals surface area contributed by atoms with Crippen LogP contribution in [0.15, 0.2) is 35.1 Å². The number of aromatic nitrogens is 3. The summed E-state index contributed by atoms with van der Waals surface area (Å²) in [5.41, 5.74) is 2.98. The van der Waals surface area contributed by atoms with Crippen LogP contribution in [0.4, 0.5) is 0 Å². The van der Waals surface area contributed by atoms with Crippen molar-refractivity contribution in [3.05, 3.63) is 52.1 Å². The number of para-hydroxylation sites is 1. The third-order valence-electron chi connectivity index (χ3n) is 3.66. The van der Waals surface area contributed by atoms with Crippen molar-refractivity contribution in [2.45, 2.75) is 13.8 Å². The molecule has 0 aliphatic carbocycles. The zero-order valence-corrected chi connectivity index (χ0v) is 12.5. The molecule has 2 heterocycles. The highest BCUT2D eigenvalue weighted by molar-refractivity contribution is 5.83. The molecular weight excluding hydrogens is 266 g/mol. The molecule has 2 aromatic heterocycles. The quantitative estimate of drug-likeness (QED) is 0.725. The van der Waals surface area contributed by atoms with Crippen molar-refractivity contribution in [2.24, 2.45) is 7.05 Å². The first-order valence-electron chi connectivity index (χ1n) is 6.74. The van der Waals surface area contributed by atoms with Crippen molar-refractivity contribution in [1.29, 1.82) is 0 Å². The van der Waals surface area contributed by atoms with Crippen LogP contribution in [-0.2, 0) is 7.05 Å². The molecule has 21 heavy (non-hydrogen) atoms. The van der Waals surface area contributed by atoms with Gasteiger partial charge in [-0.25, -0.2) is 4.68 Å². The van der Waals surface area contributed by atoms with E-state index in [1.54, 1.807) is 14.2 Å². The SMILES string of the molecule is COc1c(C)nn(C)c(=O)c1-n1c(C)cc2ccccc21. The molecule has 1 aromatic carbocycles. The molecule has 0 unspecified atom stereocenters. The summed E-state index contributed by atoms with van der Waals surface area (Å²) in [6, 6.07) is 10.0. The minimum Gasteiger partial charge on any atom is -0.492 e. The van der Waals surface area contributed by atoms with E-state index in [1.807, 2.05) is 42.7 Å². The molecular formula is C16H17N3O2. The number of benzene rings is 1. The average molecular weight is 283 g/mol. The summed E-state index contributed by atoms with van der Waals surface area (Å²) in [7, 11) is 3.22. The Balaban J connectivity index is 2.49. The molecule has 108 valence electrons. The van der Waals surface area contributed by atoms with Crippen LogP contribution < -0.4 is 10.3 Å². The predicted molar refractivity (Wildman–Crippen MR) is 82.3 cm³/mol. The normalized spacial score (nSPS) is 11.0. The second-order valence-corrected chi connectivity index (χ2v) is 5.08. The molecule has 0 N–H and O–H groups in total. The van der Waals surface area contributed by atoms with Gasteiger partial charge in [-0.1, -0.05) is 18.2 Å². The lowest BCUT2D eigenvalue weighted by molar-refractivity contribution is 0.401. The number of hydrogen-bond donors (Lipinski definition) is 0. The third kappa shape index (κ3) is 1.93. The maximum absolute atomic E-state index is 12.6. The molecule has 5 nitrogen and oxygen atoms in total. The van der Waals surface area contributed by atoms with E-state index in [9.17, 15) is 4.79 Å². The summed E-state index contributed by atoms with van der Waals surface area (Å²) in [6.07, 6.45) is 0. The number of methoxy groups -OCH3 is 1. The Hall–Kier alpha value is -2.56. The lowest BCUT2D eigenvalue weighted by Crippen LogP contribution is -2.26. The van der Waals surface area contributed by atoms with Gasteiger partial charge in [-0.05, 0) is 26.0 Å². The van der Waals surface area contributed by atoms with Gasteiger partial charge in [0.15, 0.2) is 11.4 Å². The Bertz CT molecular complexity index is 890. The van der Waals surface area contributed by atoms with E-state index in [0.29, 0.717) is 17.1 Å². The summed E-state index contributed by atoms with van der Waals surface area (Å²) in [4.78, 5) is 12.6. The maximum atomic E-state index is 12.6. The summed E-state index contributed by atoms with van der Waals surface area (Å²) >= 11 is 0. The molecule has 0 fully saturated rings. The van der Waals surface area contributed by atoms with Crippen LogP contribution in [0.25, 0.3) is 16.6 Å². The molecule has 0 bridgehead atoms. The number of hydrogen-bond acceptors (Lipinski definition) is 3. The first kappa shape index (κ1) is 13.4. The van der Waals surface area contributed by atoms with Gasteiger partial charge < -0.3 is 9.30 Å². The summed E-state index contributed by atoms with van der Waals surface area (Å²) < 4.78 is 8.73. The molecule has 0 atom stereocenters. The van der Waals surface area contributed by atoms with Crippen LogP contribution in [0.2, 0.25) is 0 Å². The number of nitrogens with zero attached hydrogens (tertiary/aromatic N) is 3. The van der Waals surface area contributed by atoms with Gasteiger partial charge in [-0.2, -0.15) is 5.10 Å². The minimum absolute atomic E-state index is 0.179.